The number of sulfonamides is 1. The lowest BCUT2D eigenvalue weighted by Crippen LogP contribution is -2.25. The number of thiocarbonyl (C=S) groups is 1. The van der Waals surface area contributed by atoms with Crippen molar-refractivity contribution in [1.82, 2.24) is 14.7 Å². The first kappa shape index (κ1) is 19.9. The molecule has 28 heavy (non-hydrogen) atoms. The van der Waals surface area contributed by atoms with Gasteiger partial charge in [0, 0.05) is 31.4 Å². The van der Waals surface area contributed by atoms with Crippen LogP contribution in [0, 0.1) is 0 Å². The molecule has 144 valence electrons. The Morgan fingerprint density at radius 2 is 1.96 bits per heavy atom. The van der Waals surface area contributed by atoms with Crippen molar-refractivity contribution in [2.45, 2.75) is 4.90 Å². The lowest BCUT2D eigenvalue weighted by atomic mass is 10.1. The fourth-order valence-electron chi connectivity index (χ4n) is 2.44. The smallest absolute Gasteiger partial charge is 0.242 e. The van der Waals surface area contributed by atoms with E-state index < -0.39 is 10.0 Å². The van der Waals surface area contributed by atoms with E-state index in [2.05, 4.69) is 20.8 Å². The van der Waals surface area contributed by atoms with Crippen molar-refractivity contribution < 1.29 is 8.42 Å². The highest BCUT2D eigenvalue weighted by Gasteiger charge is 2.17. The van der Waals surface area contributed by atoms with Gasteiger partial charge in [-0.2, -0.15) is 5.10 Å². The van der Waals surface area contributed by atoms with Crippen LogP contribution in [0.15, 0.2) is 70.8 Å². The van der Waals surface area contributed by atoms with Gasteiger partial charge in [0.25, 0.3) is 0 Å². The minimum absolute atomic E-state index is 0.179. The zero-order valence-corrected chi connectivity index (χ0v) is 17.0. The third-order valence-corrected chi connectivity index (χ3v) is 5.88. The maximum Gasteiger partial charge on any atom is 0.242 e. The molecule has 3 aromatic rings. The van der Waals surface area contributed by atoms with E-state index in [0.717, 1.165) is 20.8 Å². The first-order valence-corrected chi connectivity index (χ1v) is 10.2. The minimum atomic E-state index is -3.51. The number of hydrazone groups is 1. The molecule has 0 radical (unpaired) electrons. The molecule has 0 aliphatic carbocycles. The van der Waals surface area contributed by atoms with Crippen LogP contribution < -0.4 is 10.7 Å². The van der Waals surface area contributed by atoms with E-state index in [4.69, 9.17) is 12.2 Å². The summed E-state index contributed by atoms with van der Waals surface area (Å²) < 4.78 is 25.6. The molecule has 2 N–H and O–H groups in total. The largest absolute Gasteiger partial charge is 0.331 e. The second kappa shape index (κ2) is 8.42. The van der Waals surface area contributed by atoms with Gasteiger partial charge in [-0.05, 0) is 54.2 Å². The van der Waals surface area contributed by atoms with Gasteiger partial charge in [0.15, 0.2) is 5.11 Å². The number of nitrogens with zero attached hydrogens (tertiary/aromatic N) is 3. The van der Waals surface area contributed by atoms with Crippen molar-refractivity contribution in [3.63, 3.8) is 0 Å². The number of rotatable bonds is 5. The van der Waals surface area contributed by atoms with Crippen LogP contribution in [-0.4, -0.2) is 43.1 Å². The predicted molar refractivity (Wildman–Crippen MR) is 116 cm³/mol. The average molecular weight is 414 g/mol. The summed E-state index contributed by atoms with van der Waals surface area (Å²) in [5.74, 6) is 0. The van der Waals surface area contributed by atoms with Gasteiger partial charge in [-0.25, -0.2) is 12.7 Å². The summed E-state index contributed by atoms with van der Waals surface area (Å²) >= 11 is 5.21. The fourth-order valence-corrected chi connectivity index (χ4v) is 3.56. The summed E-state index contributed by atoms with van der Waals surface area (Å²) in [6.07, 6.45) is 3.40. The zero-order chi connectivity index (χ0) is 20.1. The number of benzene rings is 2. The number of hydrogen-bond acceptors (Lipinski definition) is 5. The Labute approximate surface area is 169 Å². The molecule has 0 aliphatic rings. The Bertz CT molecular complexity index is 1140. The standard InChI is InChI=1S/C19H19N5O2S2/c1-24(2)28(25,26)17-7-3-6-16(12-17)22-19(27)23-21-13-14-8-9-18-15(11-14)5-4-10-20-18/h3-13H,1-2H3,(H2,22,23,27)/b21-13-. The van der Waals surface area contributed by atoms with Crippen LogP contribution in [0.2, 0.25) is 0 Å². The monoisotopic (exact) mass is 413 g/mol. The number of hydrogen-bond donors (Lipinski definition) is 2. The molecule has 0 saturated heterocycles. The van der Waals surface area contributed by atoms with Crippen molar-refractivity contribution in [2.75, 3.05) is 19.4 Å². The first-order valence-electron chi connectivity index (χ1n) is 8.34. The Kier molecular flexibility index (Phi) is 5.98. The Hall–Kier alpha value is -2.88. The molecule has 0 amide bonds. The number of nitrogens with one attached hydrogen (secondary N) is 2. The van der Waals surface area contributed by atoms with Gasteiger partial charge in [0.1, 0.15) is 0 Å². The van der Waals surface area contributed by atoms with Crippen molar-refractivity contribution in [1.29, 1.82) is 0 Å². The van der Waals surface area contributed by atoms with Crippen LogP contribution in [0.4, 0.5) is 5.69 Å². The van der Waals surface area contributed by atoms with Gasteiger partial charge in [-0.1, -0.05) is 18.2 Å². The summed E-state index contributed by atoms with van der Waals surface area (Å²) in [6.45, 7) is 0. The minimum Gasteiger partial charge on any atom is -0.331 e. The molecule has 0 bridgehead atoms. The highest BCUT2D eigenvalue weighted by atomic mass is 32.2. The summed E-state index contributed by atoms with van der Waals surface area (Å²) in [6, 6.07) is 16.1. The van der Waals surface area contributed by atoms with E-state index in [1.165, 1.54) is 26.2 Å². The van der Waals surface area contributed by atoms with E-state index in [-0.39, 0.29) is 10.0 Å². The topological polar surface area (TPSA) is 86.7 Å². The van der Waals surface area contributed by atoms with E-state index in [9.17, 15) is 8.42 Å². The second-order valence-corrected chi connectivity index (χ2v) is 8.66. The number of aromatic nitrogens is 1. The summed E-state index contributed by atoms with van der Waals surface area (Å²) in [5, 5.41) is 8.31. The molecule has 1 aromatic heterocycles. The quantitative estimate of drug-likeness (QED) is 0.380. The molecule has 1 heterocycles. The van der Waals surface area contributed by atoms with Crippen LogP contribution in [0.5, 0.6) is 0 Å². The van der Waals surface area contributed by atoms with E-state index in [1.807, 2.05) is 30.3 Å². The van der Waals surface area contributed by atoms with Crippen LogP contribution in [-0.2, 0) is 10.0 Å². The lowest BCUT2D eigenvalue weighted by molar-refractivity contribution is 0.521. The SMILES string of the molecule is CN(C)S(=O)(=O)c1cccc(NC(=S)N/N=C\c2ccc3ncccc3c2)c1. The summed E-state index contributed by atoms with van der Waals surface area (Å²) in [5.41, 5.74) is 5.08. The zero-order valence-electron chi connectivity index (χ0n) is 15.3. The molecule has 7 nitrogen and oxygen atoms in total. The molecular formula is C19H19N5O2S2. The third-order valence-electron chi connectivity index (χ3n) is 3.88. The predicted octanol–water partition coefficient (Wildman–Crippen LogP) is 2.81. The highest BCUT2D eigenvalue weighted by molar-refractivity contribution is 7.89. The maximum absolute atomic E-state index is 12.2. The molecule has 2 aromatic carbocycles. The van der Waals surface area contributed by atoms with Crippen LogP contribution >= 0.6 is 12.2 Å². The van der Waals surface area contributed by atoms with Crippen LogP contribution in [0.3, 0.4) is 0 Å². The van der Waals surface area contributed by atoms with Gasteiger partial charge >= 0.3 is 0 Å². The molecule has 0 spiro atoms. The van der Waals surface area contributed by atoms with Gasteiger partial charge in [0.2, 0.25) is 10.0 Å². The van der Waals surface area contributed by atoms with Crippen molar-refractivity contribution in [3.8, 4) is 0 Å². The Morgan fingerprint density at radius 3 is 2.75 bits per heavy atom. The Morgan fingerprint density at radius 1 is 1.14 bits per heavy atom. The molecule has 0 fully saturated rings. The molecule has 3 rings (SSSR count). The Balaban J connectivity index is 1.65. The molecule has 0 aliphatic heterocycles. The molecule has 9 heteroatoms. The highest BCUT2D eigenvalue weighted by Crippen LogP contribution is 2.18. The van der Waals surface area contributed by atoms with Crippen molar-refractivity contribution in [3.05, 3.63) is 66.4 Å². The second-order valence-electron chi connectivity index (χ2n) is 6.09. The van der Waals surface area contributed by atoms with Gasteiger partial charge in [0.05, 0.1) is 16.6 Å². The average Bonchev–Trinajstić information content (AvgIpc) is 2.68. The molecule has 0 saturated carbocycles. The van der Waals surface area contributed by atoms with Gasteiger partial charge < -0.3 is 5.32 Å². The molecular weight excluding hydrogens is 394 g/mol. The van der Waals surface area contributed by atoms with Gasteiger partial charge in [-0.15, -0.1) is 0 Å². The number of fused-ring (bicyclic) bond motifs is 1. The lowest BCUT2D eigenvalue weighted by Gasteiger charge is -2.13. The maximum atomic E-state index is 12.2. The number of pyridine rings is 1. The molecule has 0 unspecified atom stereocenters. The number of anilines is 1. The fraction of sp³-hybridized carbons (Fsp3) is 0.105. The van der Waals surface area contributed by atoms with E-state index in [1.54, 1.807) is 24.5 Å². The van der Waals surface area contributed by atoms with Crippen molar-refractivity contribution in [2.24, 2.45) is 5.10 Å². The normalized spacial score (nSPS) is 11.8. The van der Waals surface area contributed by atoms with Crippen molar-refractivity contribution >= 4 is 50.2 Å². The van der Waals surface area contributed by atoms with E-state index in [0.29, 0.717) is 5.69 Å². The van der Waals surface area contributed by atoms with Crippen LogP contribution in [0.1, 0.15) is 5.56 Å². The van der Waals surface area contributed by atoms with Crippen LogP contribution in [0.25, 0.3) is 10.9 Å². The first-order chi connectivity index (χ1) is 13.4. The van der Waals surface area contributed by atoms with Gasteiger partial charge in [-0.3, -0.25) is 10.4 Å². The summed E-state index contributed by atoms with van der Waals surface area (Å²) in [4.78, 5) is 4.46. The van der Waals surface area contributed by atoms with E-state index >= 15 is 0 Å². The summed E-state index contributed by atoms with van der Waals surface area (Å²) in [7, 11) is -0.541. The third kappa shape index (κ3) is 4.69. The molecule has 0 atom stereocenters.